The van der Waals surface area contributed by atoms with Gasteiger partial charge in [0.1, 0.15) is 0 Å². The number of rotatable bonds is 5. The van der Waals surface area contributed by atoms with Gasteiger partial charge >= 0.3 is 6.18 Å². The molecule has 0 unspecified atom stereocenters. The monoisotopic (exact) mass is 344 g/mol. The molecule has 0 aliphatic heterocycles. The Morgan fingerprint density at radius 2 is 1.46 bits per heavy atom. The first-order valence-corrected chi connectivity index (χ1v) is 7.66. The van der Waals surface area contributed by atoms with E-state index in [2.05, 4.69) is 12.1 Å². The Morgan fingerprint density at radius 3 is 1.88 bits per heavy atom. The van der Waals surface area contributed by atoms with Gasteiger partial charge in [-0.05, 0) is 25.8 Å². The molecular formula is C17H27F3N4. The third-order valence-corrected chi connectivity index (χ3v) is 3.36. The zero-order valence-corrected chi connectivity index (χ0v) is 14.7. The number of nitrogens with zero attached hydrogens (tertiary/aromatic N) is 2. The third kappa shape index (κ3) is 11.5. The van der Waals surface area contributed by atoms with Crippen LogP contribution in [0.4, 0.5) is 13.2 Å². The second-order valence-electron chi connectivity index (χ2n) is 5.65. The molecule has 0 bridgehead atoms. The summed E-state index contributed by atoms with van der Waals surface area (Å²) in [6.45, 7) is 4.45. The Balaban J connectivity index is 0.000000441. The number of nitrogens with one attached hydrogen (secondary N) is 2. The molecule has 0 saturated carbocycles. The molecule has 1 aromatic rings. The van der Waals surface area contributed by atoms with Crippen molar-refractivity contribution in [1.82, 2.24) is 9.80 Å². The zero-order chi connectivity index (χ0) is 18.8. The average molecular weight is 344 g/mol. The van der Waals surface area contributed by atoms with Crippen molar-refractivity contribution >= 4 is 11.7 Å². The Hall–Kier alpha value is -2.05. The molecule has 0 saturated heterocycles. The van der Waals surface area contributed by atoms with Gasteiger partial charge in [0.15, 0.2) is 0 Å². The van der Waals surface area contributed by atoms with Crippen LogP contribution in [0, 0.1) is 10.8 Å². The number of benzene rings is 1. The Bertz CT molecular complexity index is 500. The largest absolute Gasteiger partial charge is 0.389 e. The van der Waals surface area contributed by atoms with Crippen LogP contribution in [0.3, 0.4) is 0 Å². The SMILES string of the molecule is CC(=N)N(C)CCCC(F)(F)F.CC(=N)N(C)Cc1ccccc1. The van der Waals surface area contributed by atoms with Gasteiger partial charge in [-0.1, -0.05) is 30.3 Å². The van der Waals surface area contributed by atoms with E-state index < -0.39 is 12.6 Å². The van der Waals surface area contributed by atoms with E-state index in [0.717, 1.165) is 6.54 Å². The summed E-state index contributed by atoms with van der Waals surface area (Å²) in [4.78, 5) is 3.40. The lowest BCUT2D eigenvalue weighted by Crippen LogP contribution is -2.25. The first-order chi connectivity index (χ1) is 11.0. The summed E-state index contributed by atoms with van der Waals surface area (Å²) in [6.07, 6.45) is -4.79. The van der Waals surface area contributed by atoms with Gasteiger partial charge in [0.25, 0.3) is 0 Å². The molecule has 136 valence electrons. The van der Waals surface area contributed by atoms with Crippen LogP contribution in [-0.4, -0.2) is 48.3 Å². The molecule has 0 aliphatic carbocycles. The molecular weight excluding hydrogens is 317 g/mol. The van der Waals surface area contributed by atoms with Crippen molar-refractivity contribution in [2.24, 2.45) is 0 Å². The molecule has 0 aliphatic rings. The summed E-state index contributed by atoms with van der Waals surface area (Å²) in [5.41, 5.74) is 1.24. The molecule has 2 N–H and O–H groups in total. The topological polar surface area (TPSA) is 54.2 Å². The molecule has 4 nitrogen and oxygen atoms in total. The van der Waals surface area contributed by atoms with E-state index in [9.17, 15) is 13.2 Å². The van der Waals surface area contributed by atoms with Crippen LogP contribution in [0.1, 0.15) is 32.3 Å². The summed E-state index contributed by atoms with van der Waals surface area (Å²) in [5.74, 6) is 0.885. The molecule has 0 radical (unpaired) electrons. The lowest BCUT2D eigenvalue weighted by molar-refractivity contribution is -0.135. The molecule has 0 amide bonds. The smallest absolute Gasteiger partial charge is 0.364 e. The minimum absolute atomic E-state index is 0.0518. The van der Waals surface area contributed by atoms with E-state index in [4.69, 9.17) is 10.8 Å². The Kier molecular flexibility index (Phi) is 9.76. The van der Waals surface area contributed by atoms with Gasteiger partial charge in [-0.25, -0.2) is 0 Å². The van der Waals surface area contributed by atoms with Crippen molar-refractivity contribution < 1.29 is 13.2 Å². The maximum absolute atomic E-state index is 11.6. The normalized spacial score (nSPS) is 10.5. The van der Waals surface area contributed by atoms with Crippen LogP contribution in [0.25, 0.3) is 0 Å². The van der Waals surface area contributed by atoms with Crippen LogP contribution in [-0.2, 0) is 6.54 Å². The maximum Gasteiger partial charge on any atom is 0.389 e. The lowest BCUT2D eigenvalue weighted by atomic mass is 10.2. The fourth-order valence-electron chi connectivity index (χ4n) is 1.66. The van der Waals surface area contributed by atoms with Crippen molar-refractivity contribution in [3.63, 3.8) is 0 Å². The van der Waals surface area contributed by atoms with E-state index in [0.29, 0.717) is 5.84 Å². The van der Waals surface area contributed by atoms with Gasteiger partial charge in [0, 0.05) is 33.6 Å². The standard InChI is InChI=1S/C10H14N2.C7H13F3N2/c1-9(11)12(2)8-10-6-4-3-5-7-10;1-6(11)12(2)5-3-4-7(8,9)10/h3-7,11H,8H2,1-2H3;11H,3-5H2,1-2H3. The predicted octanol–water partition coefficient (Wildman–Crippen LogP) is 4.37. The predicted molar refractivity (Wildman–Crippen MR) is 92.6 cm³/mol. The molecule has 0 spiro atoms. The second-order valence-corrected chi connectivity index (χ2v) is 5.65. The van der Waals surface area contributed by atoms with Crippen LogP contribution in [0.2, 0.25) is 0 Å². The summed E-state index contributed by atoms with van der Waals surface area (Å²) >= 11 is 0. The average Bonchev–Trinajstić information content (AvgIpc) is 2.47. The highest BCUT2D eigenvalue weighted by molar-refractivity contribution is 5.76. The first-order valence-electron chi connectivity index (χ1n) is 7.66. The van der Waals surface area contributed by atoms with E-state index in [1.807, 2.05) is 30.1 Å². The molecule has 0 aromatic heterocycles. The van der Waals surface area contributed by atoms with E-state index in [1.165, 1.54) is 10.5 Å². The molecule has 1 aromatic carbocycles. The molecule has 1 rings (SSSR count). The van der Waals surface area contributed by atoms with Crippen molar-refractivity contribution in [3.05, 3.63) is 35.9 Å². The van der Waals surface area contributed by atoms with Crippen molar-refractivity contribution in [2.45, 2.75) is 39.4 Å². The summed E-state index contributed by atoms with van der Waals surface area (Å²) in [6, 6.07) is 10.2. The van der Waals surface area contributed by atoms with Crippen LogP contribution in [0.5, 0.6) is 0 Å². The third-order valence-electron chi connectivity index (χ3n) is 3.36. The number of amidine groups is 2. The Morgan fingerprint density at radius 1 is 0.958 bits per heavy atom. The second kappa shape index (κ2) is 10.7. The fraction of sp³-hybridized carbons (Fsp3) is 0.529. The number of halogens is 3. The minimum atomic E-state index is -4.07. The van der Waals surface area contributed by atoms with Crippen LogP contribution in [0.15, 0.2) is 30.3 Å². The summed E-state index contributed by atoms with van der Waals surface area (Å²) < 4.78 is 34.9. The van der Waals surface area contributed by atoms with Crippen molar-refractivity contribution in [3.8, 4) is 0 Å². The number of hydrogen-bond donors (Lipinski definition) is 2. The number of alkyl halides is 3. The maximum atomic E-state index is 11.6. The van der Waals surface area contributed by atoms with Gasteiger partial charge < -0.3 is 9.80 Å². The lowest BCUT2D eigenvalue weighted by Gasteiger charge is -2.17. The van der Waals surface area contributed by atoms with Crippen molar-refractivity contribution in [1.29, 1.82) is 10.8 Å². The van der Waals surface area contributed by atoms with Gasteiger partial charge in [0.05, 0.1) is 11.7 Å². The highest BCUT2D eigenvalue weighted by Crippen LogP contribution is 2.21. The number of hydrogen-bond acceptors (Lipinski definition) is 2. The van der Waals surface area contributed by atoms with E-state index in [1.54, 1.807) is 20.9 Å². The van der Waals surface area contributed by atoms with Gasteiger partial charge in [0.2, 0.25) is 0 Å². The Labute approximate surface area is 142 Å². The molecule has 0 fully saturated rings. The summed E-state index contributed by atoms with van der Waals surface area (Å²) in [5, 5.41) is 14.5. The highest BCUT2D eigenvalue weighted by atomic mass is 19.4. The molecule has 24 heavy (non-hydrogen) atoms. The first kappa shape index (κ1) is 21.9. The van der Waals surface area contributed by atoms with Gasteiger partial charge in [-0.3, -0.25) is 10.8 Å². The van der Waals surface area contributed by atoms with Gasteiger partial charge in [-0.15, -0.1) is 0 Å². The summed E-state index contributed by atoms with van der Waals surface area (Å²) in [7, 11) is 3.54. The molecule has 0 atom stereocenters. The zero-order valence-electron chi connectivity index (χ0n) is 14.7. The molecule has 7 heteroatoms. The quantitative estimate of drug-likeness (QED) is 0.615. The van der Waals surface area contributed by atoms with Crippen LogP contribution < -0.4 is 0 Å². The molecule has 0 heterocycles. The fourth-order valence-corrected chi connectivity index (χ4v) is 1.66. The van der Waals surface area contributed by atoms with Crippen LogP contribution >= 0.6 is 0 Å². The minimum Gasteiger partial charge on any atom is -0.364 e. The van der Waals surface area contributed by atoms with E-state index in [-0.39, 0.29) is 18.8 Å². The highest BCUT2D eigenvalue weighted by Gasteiger charge is 2.26. The van der Waals surface area contributed by atoms with Gasteiger partial charge in [-0.2, -0.15) is 13.2 Å². The van der Waals surface area contributed by atoms with Crippen molar-refractivity contribution in [2.75, 3.05) is 20.6 Å². The van der Waals surface area contributed by atoms with E-state index >= 15 is 0 Å².